The van der Waals surface area contributed by atoms with Crippen LogP contribution in [0.2, 0.25) is 10.0 Å². The van der Waals surface area contributed by atoms with Crippen LogP contribution < -0.4 is 4.90 Å². The number of nitrogens with zero attached hydrogens (tertiary/aromatic N) is 3. The molecule has 2 aromatic rings. The lowest BCUT2D eigenvalue weighted by Gasteiger charge is -2.24. The molecule has 2 aliphatic rings. The predicted molar refractivity (Wildman–Crippen MR) is 143 cm³/mol. The summed E-state index contributed by atoms with van der Waals surface area (Å²) in [5, 5.41) is 1.14. The van der Waals surface area contributed by atoms with Crippen molar-refractivity contribution >= 4 is 73.5 Å². The molecule has 0 saturated carbocycles. The fourth-order valence-electron chi connectivity index (χ4n) is 3.79. The molecule has 0 aromatic heterocycles. The van der Waals surface area contributed by atoms with Gasteiger partial charge >= 0.3 is 0 Å². The number of sulfone groups is 1. The van der Waals surface area contributed by atoms with E-state index in [4.69, 9.17) is 23.2 Å². The zero-order valence-corrected chi connectivity index (χ0v) is 22.2. The highest BCUT2D eigenvalue weighted by molar-refractivity contribution is 8.14. The van der Waals surface area contributed by atoms with E-state index >= 15 is 0 Å². The number of hydrogen-bond donors (Lipinski definition) is 0. The van der Waals surface area contributed by atoms with Crippen molar-refractivity contribution in [3.8, 4) is 0 Å². The second-order valence-corrected chi connectivity index (χ2v) is 12.4. The van der Waals surface area contributed by atoms with Gasteiger partial charge in [0, 0.05) is 13.1 Å². The molecular formula is C24H23Cl2N3O4S2. The summed E-state index contributed by atoms with van der Waals surface area (Å²) in [6.45, 7) is 1.95. The highest BCUT2D eigenvalue weighted by Crippen LogP contribution is 2.31. The van der Waals surface area contributed by atoms with E-state index in [-0.39, 0.29) is 40.8 Å². The third-order valence-corrected chi connectivity index (χ3v) is 9.26. The van der Waals surface area contributed by atoms with Crippen LogP contribution in [0.25, 0.3) is 6.08 Å². The lowest BCUT2D eigenvalue weighted by Crippen LogP contribution is -2.39. The van der Waals surface area contributed by atoms with Crippen LogP contribution in [0, 0.1) is 6.92 Å². The highest BCUT2D eigenvalue weighted by Gasteiger charge is 2.35. The molecule has 11 heteroatoms. The fourth-order valence-corrected chi connectivity index (χ4v) is 6.80. The SMILES string of the molecule is Cc1ccc(N2C(=O)/C(=C/c3ccc(Cl)c(Cl)c3)N=C2SCC(=O)N(C)C2CCS(=O)(=O)C2)cc1. The number of benzene rings is 2. The molecule has 0 radical (unpaired) electrons. The highest BCUT2D eigenvalue weighted by atomic mass is 35.5. The number of rotatable bonds is 5. The standard InChI is InChI=1S/C24H23Cl2N3O4S2/c1-15-3-6-17(7-4-15)29-23(31)21(12-16-5-8-19(25)20(26)11-16)27-24(29)34-13-22(30)28(2)18-9-10-35(32,33)14-18/h3-8,11-12,18H,9-10,13-14H2,1-2H3/b21-12-. The van der Waals surface area contributed by atoms with Gasteiger partial charge in [-0.1, -0.05) is 58.7 Å². The first-order valence-corrected chi connectivity index (χ1v) is 14.4. The van der Waals surface area contributed by atoms with Crippen LogP contribution >= 0.6 is 35.0 Å². The van der Waals surface area contributed by atoms with Gasteiger partial charge in [-0.15, -0.1) is 0 Å². The molecule has 0 spiro atoms. The molecule has 0 aliphatic carbocycles. The van der Waals surface area contributed by atoms with E-state index in [9.17, 15) is 18.0 Å². The Kier molecular flexibility index (Phi) is 7.61. The molecule has 184 valence electrons. The monoisotopic (exact) mass is 551 g/mol. The minimum atomic E-state index is -3.11. The van der Waals surface area contributed by atoms with Crippen molar-refractivity contribution in [1.29, 1.82) is 0 Å². The number of amides is 2. The van der Waals surface area contributed by atoms with E-state index in [0.717, 1.165) is 17.3 Å². The van der Waals surface area contributed by atoms with Crippen molar-refractivity contribution in [3.63, 3.8) is 0 Å². The van der Waals surface area contributed by atoms with Crippen molar-refractivity contribution in [2.24, 2.45) is 4.99 Å². The minimum absolute atomic E-state index is 0.0155. The molecule has 4 rings (SSSR count). The van der Waals surface area contributed by atoms with E-state index in [1.807, 2.05) is 31.2 Å². The Morgan fingerprint density at radius 3 is 2.54 bits per heavy atom. The number of aryl methyl sites for hydroxylation is 1. The lowest BCUT2D eigenvalue weighted by atomic mass is 10.2. The van der Waals surface area contributed by atoms with Crippen molar-refractivity contribution in [1.82, 2.24) is 4.90 Å². The van der Waals surface area contributed by atoms with Crippen molar-refractivity contribution < 1.29 is 18.0 Å². The van der Waals surface area contributed by atoms with Crippen molar-refractivity contribution in [2.45, 2.75) is 19.4 Å². The van der Waals surface area contributed by atoms with Crippen LogP contribution in [0.4, 0.5) is 5.69 Å². The Bertz CT molecular complexity index is 1340. The van der Waals surface area contributed by atoms with Crippen LogP contribution in [-0.4, -0.2) is 60.6 Å². The maximum Gasteiger partial charge on any atom is 0.283 e. The summed E-state index contributed by atoms with van der Waals surface area (Å²) < 4.78 is 23.6. The largest absolute Gasteiger partial charge is 0.341 e. The molecule has 1 unspecified atom stereocenters. The van der Waals surface area contributed by atoms with Gasteiger partial charge < -0.3 is 4.90 Å². The predicted octanol–water partition coefficient (Wildman–Crippen LogP) is 4.42. The van der Waals surface area contributed by atoms with Crippen LogP contribution in [0.3, 0.4) is 0 Å². The molecule has 2 aliphatic heterocycles. The number of carbonyl (C=O) groups excluding carboxylic acids is 2. The summed E-state index contributed by atoms with van der Waals surface area (Å²) in [7, 11) is -1.49. The Labute approximate surface area is 218 Å². The molecule has 1 atom stereocenters. The zero-order valence-electron chi connectivity index (χ0n) is 19.1. The maximum atomic E-state index is 13.3. The molecule has 2 amide bonds. The number of amidine groups is 1. The second kappa shape index (κ2) is 10.3. The first-order chi connectivity index (χ1) is 16.5. The second-order valence-electron chi connectivity index (χ2n) is 8.42. The minimum Gasteiger partial charge on any atom is -0.341 e. The van der Waals surface area contributed by atoms with E-state index in [0.29, 0.717) is 32.9 Å². The Morgan fingerprint density at radius 2 is 1.91 bits per heavy atom. The van der Waals surface area contributed by atoms with Gasteiger partial charge in [0.25, 0.3) is 5.91 Å². The summed E-state index contributed by atoms with van der Waals surface area (Å²) in [6.07, 6.45) is 2.05. The Hall–Kier alpha value is -2.33. The summed E-state index contributed by atoms with van der Waals surface area (Å²) in [4.78, 5) is 33.6. The summed E-state index contributed by atoms with van der Waals surface area (Å²) in [6, 6.07) is 12.1. The van der Waals surface area contributed by atoms with Gasteiger partial charge in [0.2, 0.25) is 5.91 Å². The van der Waals surface area contributed by atoms with Crippen LogP contribution in [-0.2, 0) is 19.4 Å². The lowest BCUT2D eigenvalue weighted by molar-refractivity contribution is -0.128. The molecule has 0 N–H and O–H groups in total. The van der Waals surface area contributed by atoms with Gasteiger partial charge in [-0.25, -0.2) is 13.4 Å². The molecule has 2 aromatic carbocycles. The molecule has 1 saturated heterocycles. The van der Waals surface area contributed by atoms with Crippen molar-refractivity contribution in [3.05, 3.63) is 69.3 Å². The summed E-state index contributed by atoms with van der Waals surface area (Å²) in [5.74, 6) is -0.469. The van der Waals surface area contributed by atoms with E-state index in [1.54, 1.807) is 31.3 Å². The summed E-state index contributed by atoms with van der Waals surface area (Å²) >= 11 is 13.2. The number of aliphatic imine (C=N–C) groups is 1. The van der Waals surface area contributed by atoms with E-state index in [1.165, 1.54) is 9.80 Å². The van der Waals surface area contributed by atoms with Crippen molar-refractivity contribution in [2.75, 3.05) is 29.2 Å². The number of thioether (sulfide) groups is 1. The molecule has 0 bridgehead atoms. The first-order valence-electron chi connectivity index (χ1n) is 10.8. The van der Waals surface area contributed by atoms with Gasteiger partial charge in [0.05, 0.1) is 33.0 Å². The quantitative estimate of drug-likeness (QED) is 0.513. The molecule has 7 nitrogen and oxygen atoms in total. The molecule has 1 fully saturated rings. The number of halogens is 2. The van der Waals surface area contributed by atoms with Gasteiger partial charge in [-0.2, -0.15) is 0 Å². The topological polar surface area (TPSA) is 87.1 Å². The maximum absolute atomic E-state index is 13.3. The smallest absolute Gasteiger partial charge is 0.283 e. The molecule has 35 heavy (non-hydrogen) atoms. The van der Waals surface area contributed by atoms with Crippen LogP contribution in [0.5, 0.6) is 0 Å². The fraction of sp³-hybridized carbons (Fsp3) is 0.292. The summed E-state index contributed by atoms with van der Waals surface area (Å²) in [5.41, 5.74) is 2.54. The van der Waals surface area contributed by atoms with E-state index in [2.05, 4.69) is 4.99 Å². The zero-order chi connectivity index (χ0) is 25.3. The number of carbonyl (C=O) groups is 2. The Balaban J connectivity index is 1.58. The molecular weight excluding hydrogens is 529 g/mol. The van der Waals surface area contributed by atoms with Gasteiger partial charge in [0.1, 0.15) is 5.70 Å². The van der Waals surface area contributed by atoms with Gasteiger partial charge in [-0.3, -0.25) is 14.5 Å². The average Bonchev–Trinajstić information content (AvgIpc) is 3.33. The number of hydrogen-bond acceptors (Lipinski definition) is 6. The van der Waals surface area contributed by atoms with E-state index < -0.39 is 9.84 Å². The van der Waals surface area contributed by atoms with Gasteiger partial charge in [-0.05, 0) is 49.2 Å². The van der Waals surface area contributed by atoms with Crippen LogP contribution in [0.15, 0.2) is 53.2 Å². The normalized spacial score (nSPS) is 20.4. The van der Waals surface area contributed by atoms with Crippen LogP contribution in [0.1, 0.15) is 17.5 Å². The third-order valence-electron chi connectivity index (χ3n) is 5.84. The first kappa shape index (κ1) is 25.8. The average molecular weight is 553 g/mol. The van der Waals surface area contributed by atoms with Gasteiger partial charge in [0.15, 0.2) is 15.0 Å². The third kappa shape index (κ3) is 5.91. The molecule has 2 heterocycles. The Morgan fingerprint density at radius 1 is 1.20 bits per heavy atom. The number of anilines is 1.